The van der Waals surface area contributed by atoms with E-state index in [9.17, 15) is 9.59 Å². The van der Waals surface area contributed by atoms with Crippen molar-refractivity contribution < 1.29 is 19.1 Å². The molecule has 0 aliphatic heterocycles. The normalized spacial score (nSPS) is 14.6. The van der Waals surface area contributed by atoms with Crippen molar-refractivity contribution in [2.75, 3.05) is 7.11 Å². The molecule has 0 saturated heterocycles. The van der Waals surface area contributed by atoms with Gasteiger partial charge in [0.25, 0.3) is 0 Å². The van der Waals surface area contributed by atoms with Crippen LogP contribution in [0.5, 0.6) is 5.75 Å². The molecule has 1 aliphatic carbocycles. The molecule has 1 N–H and O–H groups in total. The highest BCUT2D eigenvalue weighted by Crippen LogP contribution is 2.44. The molecule has 1 saturated carbocycles. The number of carbonyl (C=O) groups is 1. The van der Waals surface area contributed by atoms with Gasteiger partial charge in [-0.1, -0.05) is 12.1 Å². The van der Waals surface area contributed by atoms with Gasteiger partial charge in [0.15, 0.2) is 11.3 Å². The van der Waals surface area contributed by atoms with Gasteiger partial charge in [-0.2, -0.15) is 0 Å². The van der Waals surface area contributed by atoms with E-state index in [4.69, 9.17) is 14.3 Å². The van der Waals surface area contributed by atoms with Gasteiger partial charge in [-0.15, -0.1) is 0 Å². The topological polar surface area (TPSA) is 76.7 Å². The lowest BCUT2D eigenvalue weighted by atomic mass is 10.0. The molecule has 98 valence electrons. The Bertz CT molecular complexity index is 724. The monoisotopic (exact) mass is 260 g/mol. The van der Waals surface area contributed by atoms with Crippen LogP contribution in [0.2, 0.25) is 0 Å². The van der Waals surface area contributed by atoms with Crippen molar-refractivity contribution in [2.45, 2.75) is 18.8 Å². The Labute approximate surface area is 108 Å². The van der Waals surface area contributed by atoms with Crippen molar-refractivity contribution in [3.8, 4) is 5.75 Å². The number of fused-ring (bicyclic) bond motifs is 1. The van der Waals surface area contributed by atoms with E-state index in [1.165, 1.54) is 7.11 Å². The molecule has 1 aliphatic rings. The summed E-state index contributed by atoms with van der Waals surface area (Å²) in [7, 11) is 1.35. The molecular formula is C14H12O5. The number of ether oxygens (including phenoxy) is 1. The number of benzene rings is 1. The van der Waals surface area contributed by atoms with Crippen molar-refractivity contribution in [2.24, 2.45) is 0 Å². The average molecular weight is 260 g/mol. The number of rotatable bonds is 3. The van der Waals surface area contributed by atoms with E-state index in [0.29, 0.717) is 16.9 Å². The van der Waals surface area contributed by atoms with Crippen LogP contribution in [0.25, 0.3) is 11.0 Å². The van der Waals surface area contributed by atoms with Crippen LogP contribution in [0.15, 0.2) is 27.4 Å². The molecule has 19 heavy (non-hydrogen) atoms. The lowest BCUT2D eigenvalue weighted by Gasteiger charge is -2.09. The Hall–Kier alpha value is -2.30. The van der Waals surface area contributed by atoms with Crippen molar-refractivity contribution in [3.05, 3.63) is 39.7 Å². The first-order valence-electron chi connectivity index (χ1n) is 6.00. The standard InChI is InChI=1S/C14H12O5/c1-18-12-9-4-2-3-8(7-5-6-7)11(9)19-14(17)10(12)13(15)16/h2-4,7H,5-6H2,1H3,(H,15,16). The average Bonchev–Trinajstić information content (AvgIpc) is 3.20. The number of carboxylic acids is 1. The number of carboxylic acid groups (broad SMARTS) is 1. The summed E-state index contributed by atoms with van der Waals surface area (Å²) in [5, 5.41) is 9.62. The van der Waals surface area contributed by atoms with Crippen molar-refractivity contribution >= 4 is 16.9 Å². The summed E-state index contributed by atoms with van der Waals surface area (Å²) in [5.41, 5.74) is 0.0644. The highest BCUT2D eigenvalue weighted by Gasteiger charge is 2.29. The minimum absolute atomic E-state index is 0.0706. The molecule has 1 aromatic carbocycles. The molecule has 0 bridgehead atoms. The van der Waals surface area contributed by atoms with E-state index in [0.717, 1.165) is 18.4 Å². The second-order valence-corrected chi connectivity index (χ2v) is 4.60. The maximum absolute atomic E-state index is 11.8. The van der Waals surface area contributed by atoms with E-state index in [-0.39, 0.29) is 5.75 Å². The van der Waals surface area contributed by atoms with Gasteiger partial charge in [-0.3, -0.25) is 0 Å². The van der Waals surface area contributed by atoms with E-state index in [2.05, 4.69) is 0 Å². The summed E-state index contributed by atoms with van der Waals surface area (Å²) in [4.78, 5) is 23.0. The van der Waals surface area contributed by atoms with Crippen LogP contribution < -0.4 is 10.4 Å². The number of aromatic carboxylic acids is 1. The molecule has 3 rings (SSSR count). The van der Waals surface area contributed by atoms with Gasteiger partial charge in [-0.05, 0) is 30.4 Å². The second kappa shape index (κ2) is 4.12. The summed E-state index contributed by atoms with van der Waals surface area (Å²) in [5.74, 6) is -0.877. The summed E-state index contributed by atoms with van der Waals surface area (Å²) in [6, 6.07) is 5.43. The van der Waals surface area contributed by atoms with Crippen LogP contribution >= 0.6 is 0 Å². The predicted octanol–water partition coefficient (Wildman–Crippen LogP) is 2.38. The third-order valence-corrected chi connectivity index (χ3v) is 3.35. The van der Waals surface area contributed by atoms with Crippen LogP contribution in [0.1, 0.15) is 34.7 Å². The van der Waals surface area contributed by atoms with Gasteiger partial charge in [-0.25, -0.2) is 9.59 Å². The molecule has 1 heterocycles. The van der Waals surface area contributed by atoms with Crippen LogP contribution in [0, 0.1) is 0 Å². The SMILES string of the molecule is COc1c(C(=O)O)c(=O)oc2c(C3CC3)cccc12. The fourth-order valence-electron chi connectivity index (χ4n) is 2.33. The summed E-state index contributed by atoms with van der Waals surface area (Å²) >= 11 is 0. The fourth-order valence-corrected chi connectivity index (χ4v) is 2.33. The van der Waals surface area contributed by atoms with E-state index >= 15 is 0 Å². The number of hydrogen-bond acceptors (Lipinski definition) is 4. The zero-order valence-electron chi connectivity index (χ0n) is 10.3. The van der Waals surface area contributed by atoms with Gasteiger partial charge >= 0.3 is 11.6 Å². The summed E-state index contributed by atoms with van der Waals surface area (Å²) in [6.45, 7) is 0. The molecule has 0 unspecified atom stereocenters. The molecule has 0 amide bonds. The van der Waals surface area contributed by atoms with E-state index in [1.54, 1.807) is 6.07 Å². The fraction of sp³-hybridized carbons (Fsp3) is 0.286. The minimum Gasteiger partial charge on any atom is -0.495 e. The van der Waals surface area contributed by atoms with Crippen LogP contribution in [-0.4, -0.2) is 18.2 Å². The van der Waals surface area contributed by atoms with E-state index in [1.807, 2.05) is 12.1 Å². The van der Waals surface area contributed by atoms with Gasteiger partial charge in [0.05, 0.1) is 12.5 Å². The first-order valence-corrected chi connectivity index (χ1v) is 6.00. The first-order chi connectivity index (χ1) is 9.13. The van der Waals surface area contributed by atoms with Gasteiger partial charge in [0, 0.05) is 0 Å². The van der Waals surface area contributed by atoms with Crippen molar-refractivity contribution in [3.63, 3.8) is 0 Å². The largest absolute Gasteiger partial charge is 0.495 e. The van der Waals surface area contributed by atoms with Gasteiger partial charge in [0.1, 0.15) is 5.58 Å². The Morgan fingerprint density at radius 1 is 1.42 bits per heavy atom. The highest BCUT2D eigenvalue weighted by atomic mass is 16.5. The Kier molecular flexibility index (Phi) is 2.55. The van der Waals surface area contributed by atoms with Crippen LogP contribution in [-0.2, 0) is 0 Å². The third-order valence-electron chi connectivity index (χ3n) is 3.35. The Morgan fingerprint density at radius 2 is 2.16 bits per heavy atom. The van der Waals surface area contributed by atoms with Crippen LogP contribution in [0.4, 0.5) is 0 Å². The molecular weight excluding hydrogens is 248 g/mol. The van der Waals surface area contributed by atoms with Crippen molar-refractivity contribution in [1.82, 2.24) is 0 Å². The number of hydrogen-bond donors (Lipinski definition) is 1. The van der Waals surface area contributed by atoms with Crippen molar-refractivity contribution in [1.29, 1.82) is 0 Å². The molecule has 1 fully saturated rings. The van der Waals surface area contributed by atoms with Gasteiger partial charge in [0.2, 0.25) is 0 Å². The Morgan fingerprint density at radius 3 is 2.74 bits per heavy atom. The molecule has 5 nitrogen and oxygen atoms in total. The summed E-state index contributed by atoms with van der Waals surface area (Å²) < 4.78 is 10.3. The smallest absolute Gasteiger partial charge is 0.354 e. The van der Waals surface area contributed by atoms with E-state index < -0.39 is 17.2 Å². The lowest BCUT2D eigenvalue weighted by molar-refractivity contribution is 0.0689. The Balaban J connectivity index is 2.41. The summed E-state index contributed by atoms with van der Waals surface area (Å²) in [6.07, 6.45) is 2.12. The molecule has 0 radical (unpaired) electrons. The third kappa shape index (κ3) is 1.78. The molecule has 2 aromatic rings. The molecule has 0 atom stereocenters. The predicted molar refractivity (Wildman–Crippen MR) is 68.0 cm³/mol. The van der Waals surface area contributed by atoms with Crippen LogP contribution in [0.3, 0.4) is 0 Å². The second-order valence-electron chi connectivity index (χ2n) is 4.60. The quantitative estimate of drug-likeness (QED) is 0.857. The number of methoxy groups -OCH3 is 1. The lowest BCUT2D eigenvalue weighted by Crippen LogP contribution is -2.15. The minimum atomic E-state index is -1.34. The van der Waals surface area contributed by atoms with Gasteiger partial charge < -0.3 is 14.3 Å². The molecule has 1 aromatic heterocycles. The first kappa shape index (κ1) is 11.8. The maximum Gasteiger partial charge on any atom is 0.354 e. The molecule has 5 heteroatoms. The maximum atomic E-state index is 11.8. The molecule has 0 spiro atoms. The number of para-hydroxylation sites is 1. The highest BCUT2D eigenvalue weighted by molar-refractivity contribution is 5.98. The zero-order chi connectivity index (χ0) is 13.6. The zero-order valence-corrected chi connectivity index (χ0v) is 10.3.